The Balaban J connectivity index is 1.06. The summed E-state index contributed by atoms with van der Waals surface area (Å²) in [6.45, 7) is 6.25. The lowest BCUT2D eigenvalue weighted by Crippen LogP contribution is -2.12. The molecule has 0 aliphatic rings. The number of hydrogen-bond donors (Lipinski definition) is 0. The van der Waals surface area contributed by atoms with E-state index in [-0.39, 0.29) is 18.8 Å². The first-order valence-electron chi connectivity index (χ1n) is 19.1. The van der Waals surface area contributed by atoms with E-state index in [1.54, 1.807) is 66.7 Å². The van der Waals surface area contributed by atoms with Gasteiger partial charge in [-0.1, -0.05) is 88.6 Å². The highest BCUT2D eigenvalue weighted by Crippen LogP contribution is 2.27. The Bertz CT molecular complexity index is 2030. The molecule has 8 nitrogen and oxygen atoms in total. The van der Waals surface area contributed by atoms with Gasteiger partial charge in [0.05, 0.1) is 11.1 Å². The highest BCUT2D eigenvalue weighted by molar-refractivity contribution is 5.91. The van der Waals surface area contributed by atoms with Crippen LogP contribution in [0.2, 0.25) is 0 Å². The van der Waals surface area contributed by atoms with Gasteiger partial charge >= 0.3 is 23.9 Å². The molecule has 0 aliphatic heterocycles. The highest BCUT2D eigenvalue weighted by Gasteiger charge is 2.15. The van der Waals surface area contributed by atoms with E-state index in [9.17, 15) is 19.2 Å². The van der Waals surface area contributed by atoms with Gasteiger partial charge in [-0.25, -0.2) is 9.59 Å². The zero-order valence-corrected chi connectivity index (χ0v) is 31.8. The topological polar surface area (TPSA) is 105 Å². The number of aryl methyl sites for hydroxylation is 5. The van der Waals surface area contributed by atoms with Crippen LogP contribution >= 0.6 is 0 Å². The smallest absolute Gasteiger partial charge is 0.343 e. The van der Waals surface area contributed by atoms with Crippen LogP contribution in [-0.2, 0) is 41.7 Å². The molecule has 0 radical (unpaired) electrons. The molecule has 0 heterocycles. The third kappa shape index (κ3) is 12.5. The molecule has 0 N–H and O–H groups in total. The Morgan fingerprint density at radius 3 is 1.22 bits per heavy atom. The normalized spacial score (nSPS) is 10.7. The van der Waals surface area contributed by atoms with Crippen molar-refractivity contribution in [1.82, 2.24) is 0 Å². The summed E-state index contributed by atoms with van der Waals surface area (Å²) in [4.78, 5) is 50.7. The summed E-state index contributed by atoms with van der Waals surface area (Å²) in [5, 5.41) is 0. The molecule has 5 aromatic carbocycles. The van der Waals surface area contributed by atoms with Crippen LogP contribution in [0.15, 0.2) is 115 Å². The molecule has 8 heteroatoms. The van der Waals surface area contributed by atoms with Crippen LogP contribution in [0, 0.1) is 0 Å². The van der Waals surface area contributed by atoms with E-state index in [0.717, 1.165) is 48.8 Å². The van der Waals surface area contributed by atoms with E-state index in [0.29, 0.717) is 53.4 Å². The first-order valence-corrected chi connectivity index (χ1v) is 19.1. The van der Waals surface area contributed by atoms with E-state index in [4.69, 9.17) is 18.9 Å². The Labute approximate surface area is 323 Å². The average Bonchev–Trinajstić information content (AvgIpc) is 3.19. The van der Waals surface area contributed by atoms with E-state index in [1.807, 2.05) is 55.5 Å². The quantitative estimate of drug-likeness (QED) is 0.0646. The van der Waals surface area contributed by atoms with Crippen molar-refractivity contribution in [2.45, 2.75) is 85.0 Å². The fourth-order valence-corrected chi connectivity index (χ4v) is 6.01. The number of benzene rings is 5. The van der Waals surface area contributed by atoms with E-state index in [1.165, 1.54) is 11.1 Å². The average molecular weight is 741 g/mol. The lowest BCUT2D eigenvalue weighted by atomic mass is 10.1. The first-order chi connectivity index (χ1) is 26.7. The highest BCUT2D eigenvalue weighted by atomic mass is 16.5. The van der Waals surface area contributed by atoms with Gasteiger partial charge in [0.1, 0.15) is 23.0 Å². The second-order valence-corrected chi connectivity index (χ2v) is 13.4. The summed E-state index contributed by atoms with van der Waals surface area (Å²) in [7, 11) is 0. The Morgan fingerprint density at radius 1 is 0.400 bits per heavy atom. The molecule has 5 aromatic rings. The molecule has 5 rings (SSSR count). The Kier molecular flexibility index (Phi) is 14.9. The standard InChI is InChI=1S/C47H48O8/c1-4-7-33-10-20-37(21-11-33)46(50)53-40-24-14-35(15-25-40)18-30-44(48)52-42-28-29-43(39(32-42)9-6-3)55-45(49)31-19-36-16-26-41(27-17-36)54-47(51)38-22-12-34(8-5-2)13-23-38/h10-17,20-29,32H,4-9,18-19,30-31H2,1-3H3. The number of rotatable bonds is 18. The second-order valence-electron chi connectivity index (χ2n) is 13.4. The minimum absolute atomic E-state index is 0.152. The van der Waals surface area contributed by atoms with Gasteiger partial charge in [0.15, 0.2) is 0 Å². The summed E-state index contributed by atoms with van der Waals surface area (Å²) in [5.74, 6) is 0.0562. The molecule has 0 aromatic heterocycles. The van der Waals surface area contributed by atoms with E-state index >= 15 is 0 Å². The van der Waals surface area contributed by atoms with Crippen molar-refractivity contribution in [2.75, 3.05) is 0 Å². The molecule has 0 saturated heterocycles. The fourth-order valence-electron chi connectivity index (χ4n) is 6.01. The predicted octanol–water partition coefficient (Wildman–Crippen LogP) is 10.1. The number of carbonyl (C=O) groups excluding carboxylic acids is 4. The maximum absolute atomic E-state index is 12.8. The molecule has 55 heavy (non-hydrogen) atoms. The first kappa shape index (κ1) is 40.2. The van der Waals surface area contributed by atoms with E-state index < -0.39 is 17.9 Å². The van der Waals surface area contributed by atoms with Crippen molar-refractivity contribution < 1.29 is 38.1 Å². The zero-order chi connectivity index (χ0) is 39.0. The predicted molar refractivity (Wildman–Crippen MR) is 212 cm³/mol. The molecular formula is C47H48O8. The lowest BCUT2D eigenvalue weighted by Gasteiger charge is -2.12. The molecule has 0 unspecified atom stereocenters. The van der Waals surface area contributed by atoms with Crippen molar-refractivity contribution in [3.63, 3.8) is 0 Å². The van der Waals surface area contributed by atoms with Crippen LogP contribution in [0.5, 0.6) is 23.0 Å². The Hall–Kier alpha value is -6.02. The van der Waals surface area contributed by atoms with Crippen molar-refractivity contribution in [2.24, 2.45) is 0 Å². The summed E-state index contributed by atoms with van der Waals surface area (Å²) in [6, 6.07) is 34.1. The lowest BCUT2D eigenvalue weighted by molar-refractivity contribution is -0.135. The summed E-state index contributed by atoms with van der Waals surface area (Å²) >= 11 is 0. The third-order valence-electron chi connectivity index (χ3n) is 8.97. The van der Waals surface area contributed by atoms with E-state index in [2.05, 4.69) is 13.8 Å². The van der Waals surface area contributed by atoms with Crippen molar-refractivity contribution in [3.8, 4) is 23.0 Å². The monoisotopic (exact) mass is 740 g/mol. The number of esters is 4. The van der Waals surface area contributed by atoms with Crippen molar-refractivity contribution in [1.29, 1.82) is 0 Å². The van der Waals surface area contributed by atoms with Gasteiger partial charge in [0.25, 0.3) is 0 Å². The largest absolute Gasteiger partial charge is 0.427 e. The molecule has 0 saturated carbocycles. The van der Waals surface area contributed by atoms with Crippen molar-refractivity contribution >= 4 is 23.9 Å². The third-order valence-corrected chi connectivity index (χ3v) is 8.97. The van der Waals surface area contributed by atoms with Crippen LogP contribution < -0.4 is 18.9 Å². The van der Waals surface area contributed by atoms with Crippen LogP contribution in [0.3, 0.4) is 0 Å². The van der Waals surface area contributed by atoms with Crippen LogP contribution in [0.1, 0.15) is 101 Å². The van der Waals surface area contributed by atoms with Crippen LogP contribution in [-0.4, -0.2) is 23.9 Å². The van der Waals surface area contributed by atoms with Gasteiger partial charge < -0.3 is 18.9 Å². The SMILES string of the molecule is CCCc1ccc(C(=O)Oc2ccc(CCC(=O)Oc3ccc(OC(=O)CCc4ccc(OC(=O)c5ccc(CCC)cc5)cc4)c(CCC)c3)cc2)cc1. The fraction of sp³-hybridized carbons (Fsp3) is 0.277. The maximum Gasteiger partial charge on any atom is 0.343 e. The number of ether oxygens (including phenoxy) is 4. The van der Waals surface area contributed by atoms with Gasteiger partial charge in [-0.15, -0.1) is 0 Å². The zero-order valence-electron chi connectivity index (χ0n) is 31.8. The summed E-state index contributed by atoms with van der Waals surface area (Å²) < 4.78 is 22.4. The van der Waals surface area contributed by atoms with Crippen LogP contribution in [0.25, 0.3) is 0 Å². The van der Waals surface area contributed by atoms with Gasteiger partial charge in [-0.2, -0.15) is 0 Å². The van der Waals surface area contributed by atoms with Gasteiger partial charge in [-0.05, 0) is 127 Å². The number of carbonyl (C=O) groups is 4. The second kappa shape index (κ2) is 20.4. The molecule has 0 bridgehead atoms. The number of hydrogen-bond acceptors (Lipinski definition) is 8. The Morgan fingerprint density at radius 2 is 0.782 bits per heavy atom. The van der Waals surface area contributed by atoms with Gasteiger partial charge in [0.2, 0.25) is 0 Å². The molecule has 0 fully saturated rings. The molecule has 284 valence electrons. The minimum Gasteiger partial charge on any atom is -0.427 e. The van der Waals surface area contributed by atoms with Crippen LogP contribution in [0.4, 0.5) is 0 Å². The molecule has 0 amide bonds. The van der Waals surface area contributed by atoms with Gasteiger partial charge in [-0.3, -0.25) is 9.59 Å². The maximum atomic E-state index is 12.8. The van der Waals surface area contributed by atoms with Crippen molar-refractivity contribution in [3.05, 3.63) is 154 Å². The summed E-state index contributed by atoms with van der Waals surface area (Å²) in [5.41, 5.74) is 5.92. The molecule has 0 aliphatic carbocycles. The molecule has 0 spiro atoms. The summed E-state index contributed by atoms with van der Waals surface area (Å²) in [6.07, 6.45) is 6.66. The molecule has 0 atom stereocenters. The molecular weight excluding hydrogens is 693 g/mol. The minimum atomic E-state index is -0.421. The van der Waals surface area contributed by atoms with Gasteiger partial charge in [0, 0.05) is 12.8 Å².